The summed E-state index contributed by atoms with van der Waals surface area (Å²) in [5.74, 6) is 0.540. The molecule has 5 heteroatoms. The van der Waals surface area contributed by atoms with E-state index in [0.717, 1.165) is 18.4 Å². The zero-order chi connectivity index (χ0) is 14.0. The van der Waals surface area contributed by atoms with Crippen molar-refractivity contribution in [1.82, 2.24) is 4.31 Å². The first-order valence-electron chi connectivity index (χ1n) is 6.73. The smallest absolute Gasteiger partial charge is 0.243 e. The zero-order valence-corrected chi connectivity index (χ0v) is 12.4. The molecule has 0 spiro atoms. The van der Waals surface area contributed by atoms with E-state index in [1.54, 1.807) is 16.4 Å². The molecule has 0 amide bonds. The molecule has 1 saturated heterocycles. The van der Waals surface area contributed by atoms with Gasteiger partial charge in [0.1, 0.15) is 0 Å². The van der Waals surface area contributed by atoms with Crippen LogP contribution in [0.4, 0.5) is 0 Å². The van der Waals surface area contributed by atoms with Crippen molar-refractivity contribution < 1.29 is 8.42 Å². The van der Waals surface area contributed by atoms with Crippen molar-refractivity contribution in [1.29, 1.82) is 0 Å². The molecule has 0 aromatic heterocycles. The number of benzene rings is 1. The summed E-state index contributed by atoms with van der Waals surface area (Å²) in [4.78, 5) is 0.367. The Balaban J connectivity index is 2.30. The fourth-order valence-corrected chi connectivity index (χ4v) is 4.27. The van der Waals surface area contributed by atoms with E-state index in [-0.39, 0.29) is 6.04 Å². The van der Waals surface area contributed by atoms with Gasteiger partial charge in [-0.2, -0.15) is 4.31 Å². The zero-order valence-electron chi connectivity index (χ0n) is 11.5. The monoisotopic (exact) mass is 282 g/mol. The van der Waals surface area contributed by atoms with Gasteiger partial charge in [0.15, 0.2) is 0 Å². The second kappa shape index (κ2) is 5.61. The van der Waals surface area contributed by atoms with Crippen LogP contribution in [0.3, 0.4) is 0 Å². The molecule has 1 aliphatic heterocycles. The third-order valence-electron chi connectivity index (χ3n) is 3.82. The van der Waals surface area contributed by atoms with Gasteiger partial charge < -0.3 is 5.73 Å². The van der Waals surface area contributed by atoms with Crippen LogP contribution in [-0.2, 0) is 10.0 Å². The highest BCUT2D eigenvalue weighted by Crippen LogP contribution is 2.27. The molecule has 1 heterocycles. The maximum absolute atomic E-state index is 12.6. The van der Waals surface area contributed by atoms with Crippen LogP contribution in [0.15, 0.2) is 29.2 Å². The molecule has 19 heavy (non-hydrogen) atoms. The standard InChI is InChI=1S/C14H22N2O2S/c1-11-3-5-14(6-4-11)19(17,18)16-8-7-12(2)9-13(16)10-15/h3-6,12-13H,7-10,15H2,1-2H3. The van der Waals surface area contributed by atoms with Crippen molar-refractivity contribution in [2.75, 3.05) is 13.1 Å². The molecule has 2 unspecified atom stereocenters. The Kier molecular flexibility index (Phi) is 4.28. The second-order valence-electron chi connectivity index (χ2n) is 5.45. The predicted molar refractivity (Wildman–Crippen MR) is 76.3 cm³/mol. The lowest BCUT2D eigenvalue weighted by Crippen LogP contribution is -2.49. The van der Waals surface area contributed by atoms with Gasteiger partial charge in [-0.1, -0.05) is 24.6 Å². The van der Waals surface area contributed by atoms with Crippen LogP contribution in [0.25, 0.3) is 0 Å². The van der Waals surface area contributed by atoms with Crippen LogP contribution in [-0.4, -0.2) is 31.9 Å². The van der Waals surface area contributed by atoms with Crippen LogP contribution in [0.1, 0.15) is 25.3 Å². The number of hydrogen-bond donors (Lipinski definition) is 1. The Bertz CT molecular complexity index is 525. The number of nitrogens with two attached hydrogens (primary N) is 1. The van der Waals surface area contributed by atoms with Crippen LogP contribution in [0.5, 0.6) is 0 Å². The van der Waals surface area contributed by atoms with Crippen LogP contribution in [0, 0.1) is 12.8 Å². The minimum Gasteiger partial charge on any atom is -0.329 e. The van der Waals surface area contributed by atoms with Crippen molar-refractivity contribution in [2.24, 2.45) is 11.7 Å². The van der Waals surface area contributed by atoms with E-state index >= 15 is 0 Å². The van der Waals surface area contributed by atoms with Crippen LogP contribution >= 0.6 is 0 Å². The summed E-state index contributed by atoms with van der Waals surface area (Å²) in [6.45, 7) is 5.05. The summed E-state index contributed by atoms with van der Waals surface area (Å²) in [5.41, 5.74) is 6.81. The van der Waals surface area contributed by atoms with E-state index in [1.807, 2.05) is 19.1 Å². The van der Waals surface area contributed by atoms with E-state index < -0.39 is 10.0 Å². The van der Waals surface area contributed by atoms with Crippen molar-refractivity contribution in [3.63, 3.8) is 0 Å². The minimum atomic E-state index is -3.41. The highest BCUT2D eigenvalue weighted by molar-refractivity contribution is 7.89. The lowest BCUT2D eigenvalue weighted by molar-refractivity contribution is 0.211. The first-order chi connectivity index (χ1) is 8.95. The molecule has 2 atom stereocenters. The van der Waals surface area contributed by atoms with Gasteiger partial charge in [0.25, 0.3) is 0 Å². The molecule has 0 saturated carbocycles. The Morgan fingerprint density at radius 1 is 1.32 bits per heavy atom. The van der Waals surface area contributed by atoms with E-state index in [4.69, 9.17) is 5.73 Å². The normalized spacial score (nSPS) is 25.4. The fourth-order valence-electron chi connectivity index (χ4n) is 2.61. The van der Waals surface area contributed by atoms with Gasteiger partial charge in [0.05, 0.1) is 4.90 Å². The van der Waals surface area contributed by atoms with Gasteiger partial charge in [-0.3, -0.25) is 0 Å². The van der Waals surface area contributed by atoms with Crippen molar-refractivity contribution in [2.45, 2.75) is 37.6 Å². The van der Waals surface area contributed by atoms with Crippen LogP contribution < -0.4 is 5.73 Å². The van der Waals surface area contributed by atoms with Crippen molar-refractivity contribution in [3.05, 3.63) is 29.8 Å². The van der Waals surface area contributed by atoms with Gasteiger partial charge in [-0.25, -0.2) is 8.42 Å². The first-order valence-corrected chi connectivity index (χ1v) is 8.17. The average molecular weight is 282 g/mol. The highest BCUT2D eigenvalue weighted by Gasteiger charge is 2.34. The molecule has 0 aliphatic carbocycles. The molecule has 1 aliphatic rings. The summed E-state index contributed by atoms with van der Waals surface area (Å²) in [6.07, 6.45) is 1.75. The molecule has 4 nitrogen and oxygen atoms in total. The maximum Gasteiger partial charge on any atom is 0.243 e. The molecule has 1 fully saturated rings. The summed E-state index contributed by atoms with van der Waals surface area (Å²) >= 11 is 0. The van der Waals surface area contributed by atoms with Gasteiger partial charge >= 0.3 is 0 Å². The molecule has 1 aromatic rings. The summed E-state index contributed by atoms with van der Waals surface area (Å²) in [7, 11) is -3.41. The van der Waals surface area contributed by atoms with E-state index in [1.165, 1.54) is 0 Å². The fraction of sp³-hybridized carbons (Fsp3) is 0.571. The Hall–Kier alpha value is -0.910. The third-order valence-corrected chi connectivity index (χ3v) is 5.79. The quantitative estimate of drug-likeness (QED) is 0.918. The second-order valence-corrected chi connectivity index (χ2v) is 7.34. The molecular weight excluding hydrogens is 260 g/mol. The number of aryl methyl sites for hydroxylation is 1. The minimum absolute atomic E-state index is 0.0740. The highest BCUT2D eigenvalue weighted by atomic mass is 32.2. The summed E-state index contributed by atoms with van der Waals surface area (Å²) < 4.78 is 26.9. The Morgan fingerprint density at radius 2 is 1.95 bits per heavy atom. The Labute approximate surface area is 115 Å². The maximum atomic E-state index is 12.6. The number of sulfonamides is 1. The van der Waals surface area contributed by atoms with Gasteiger partial charge in [-0.05, 0) is 37.8 Å². The lowest BCUT2D eigenvalue weighted by atomic mass is 9.94. The molecule has 0 bridgehead atoms. The predicted octanol–water partition coefficient (Wildman–Crippen LogP) is 1.74. The topological polar surface area (TPSA) is 63.4 Å². The van der Waals surface area contributed by atoms with E-state index in [2.05, 4.69) is 6.92 Å². The summed E-state index contributed by atoms with van der Waals surface area (Å²) in [6, 6.07) is 6.94. The van der Waals surface area contributed by atoms with Gasteiger partial charge in [0, 0.05) is 19.1 Å². The molecule has 2 rings (SSSR count). The number of hydrogen-bond acceptors (Lipinski definition) is 3. The SMILES string of the molecule is Cc1ccc(S(=O)(=O)N2CCC(C)CC2CN)cc1. The summed E-state index contributed by atoms with van der Waals surface area (Å²) in [5, 5.41) is 0. The molecular formula is C14H22N2O2S. The van der Waals surface area contributed by atoms with E-state index in [0.29, 0.717) is 23.9 Å². The number of piperidine rings is 1. The van der Waals surface area contributed by atoms with Crippen LogP contribution in [0.2, 0.25) is 0 Å². The van der Waals surface area contributed by atoms with Gasteiger partial charge in [-0.15, -0.1) is 0 Å². The molecule has 106 valence electrons. The number of nitrogens with zero attached hydrogens (tertiary/aromatic N) is 1. The molecule has 1 aromatic carbocycles. The van der Waals surface area contributed by atoms with E-state index in [9.17, 15) is 8.42 Å². The molecule has 0 radical (unpaired) electrons. The number of rotatable bonds is 3. The third kappa shape index (κ3) is 2.99. The molecule has 2 N–H and O–H groups in total. The lowest BCUT2D eigenvalue weighted by Gasteiger charge is -2.36. The largest absolute Gasteiger partial charge is 0.329 e. The first kappa shape index (κ1) is 14.5. The van der Waals surface area contributed by atoms with Crippen molar-refractivity contribution >= 4 is 10.0 Å². The average Bonchev–Trinajstić information content (AvgIpc) is 2.38. The van der Waals surface area contributed by atoms with Crippen molar-refractivity contribution in [3.8, 4) is 0 Å². The Morgan fingerprint density at radius 3 is 2.53 bits per heavy atom. The van der Waals surface area contributed by atoms with Gasteiger partial charge in [0.2, 0.25) is 10.0 Å².